The molecule has 1 aromatic carbocycles. The Bertz CT molecular complexity index is 1340. The highest BCUT2D eigenvalue weighted by Gasteiger charge is 2.38. The van der Waals surface area contributed by atoms with Gasteiger partial charge < -0.3 is 18.8 Å². The fourth-order valence-corrected chi connectivity index (χ4v) is 5.19. The summed E-state index contributed by atoms with van der Waals surface area (Å²) >= 11 is 0. The normalized spacial score (nSPS) is 19.6. The first-order valence-corrected chi connectivity index (χ1v) is 11.8. The van der Waals surface area contributed by atoms with Gasteiger partial charge in [0.1, 0.15) is 11.4 Å². The van der Waals surface area contributed by atoms with E-state index in [0.29, 0.717) is 24.1 Å². The van der Waals surface area contributed by atoms with Crippen LogP contribution in [0.15, 0.2) is 55.0 Å². The zero-order valence-electron chi connectivity index (χ0n) is 19.3. The van der Waals surface area contributed by atoms with Crippen LogP contribution in [0.4, 0.5) is 14.7 Å². The Morgan fingerprint density at radius 3 is 2.51 bits per heavy atom. The van der Waals surface area contributed by atoms with Crippen LogP contribution in [0.2, 0.25) is 0 Å². The van der Waals surface area contributed by atoms with Crippen molar-refractivity contribution in [3.63, 3.8) is 0 Å². The summed E-state index contributed by atoms with van der Waals surface area (Å²) in [6.07, 6.45) is 8.34. The molecule has 0 N–H and O–H groups in total. The van der Waals surface area contributed by atoms with E-state index in [0.717, 1.165) is 60.2 Å². The van der Waals surface area contributed by atoms with Crippen molar-refractivity contribution in [2.75, 3.05) is 18.1 Å². The average molecular weight is 478 g/mol. The molecule has 0 unspecified atom stereocenters. The lowest BCUT2D eigenvalue weighted by Gasteiger charge is -2.34. The molecule has 0 aliphatic carbocycles. The van der Waals surface area contributed by atoms with E-state index < -0.39 is 6.61 Å². The number of morpholine rings is 1. The van der Waals surface area contributed by atoms with Crippen LogP contribution in [-0.2, 0) is 11.2 Å². The number of pyridine rings is 1. The molecule has 4 aromatic rings. The molecule has 3 aromatic heterocycles. The van der Waals surface area contributed by atoms with Crippen LogP contribution >= 0.6 is 0 Å². The molecule has 2 fully saturated rings. The maximum absolute atomic E-state index is 12.9. The van der Waals surface area contributed by atoms with Crippen LogP contribution in [0.25, 0.3) is 16.8 Å². The Morgan fingerprint density at radius 2 is 1.77 bits per heavy atom. The fraction of sp³-hybridized carbons (Fsp3) is 0.346. The molecule has 5 heterocycles. The first-order chi connectivity index (χ1) is 17.1. The molecule has 0 amide bonds. The molecule has 7 nitrogen and oxygen atoms in total. The molecule has 2 aliphatic heterocycles. The number of anilines is 1. The number of alkyl halides is 2. The van der Waals surface area contributed by atoms with Crippen LogP contribution < -0.4 is 9.64 Å². The van der Waals surface area contributed by atoms with Crippen molar-refractivity contribution in [2.45, 2.75) is 44.9 Å². The minimum atomic E-state index is -2.87. The highest BCUT2D eigenvalue weighted by molar-refractivity contribution is 5.64. The number of benzene rings is 1. The van der Waals surface area contributed by atoms with Crippen molar-refractivity contribution in [3.05, 3.63) is 71.9 Å². The zero-order chi connectivity index (χ0) is 23.9. The third-order valence-corrected chi connectivity index (χ3v) is 6.91. The van der Waals surface area contributed by atoms with E-state index in [1.807, 2.05) is 48.1 Å². The third-order valence-electron chi connectivity index (χ3n) is 6.91. The summed E-state index contributed by atoms with van der Waals surface area (Å²) in [7, 11) is 0. The molecular formula is C26H25F2N5O2. The van der Waals surface area contributed by atoms with Crippen molar-refractivity contribution in [1.82, 2.24) is 19.4 Å². The van der Waals surface area contributed by atoms with Crippen LogP contribution in [0.5, 0.6) is 5.75 Å². The minimum absolute atomic E-state index is 0.175. The lowest BCUT2D eigenvalue weighted by atomic mass is 10.1. The van der Waals surface area contributed by atoms with E-state index in [2.05, 4.69) is 19.9 Å². The van der Waals surface area contributed by atoms with Gasteiger partial charge in [-0.25, -0.2) is 15.0 Å². The second kappa shape index (κ2) is 8.88. The number of fused-ring (bicyclic) bond motifs is 3. The molecule has 2 atom stereocenters. The highest BCUT2D eigenvalue weighted by Crippen LogP contribution is 2.32. The summed E-state index contributed by atoms with van der Waals surface area (Å²) in [5.74, 6) is 0.925. The number of hydrogen-bond acceptors (Lipinski definition) is 6. The van der Waals surface area contributed by atoms with Crippen LogP contribution in [-0.4, -0.2) is 51.3 Å². The Balaban J connectivity index is 1.31. The molecule has 2 saturated heterocycles. The van der Waals surface area contributed by atoms with Crippen LogP contribution in [0.3, 0.4) is 0 Å². The first-order valence-electron chi connectivity index (χ1n) is 11.8. The topological polar surface area (TPSA) is 64.8 Å². The van der Waals surface area contributed by atoms with Gasteiger partial charge in [-0.05, 0) is 38.0 Å². The van der Waals surface area contributed by atoms with E-state index >= 15 is 0 Å². The van der Waals surface area contributed by atoms with Gasteiger partial charge in [0.05, 0.1) is 31.0 Å². The Morgan fingerprint density at radius 1 is 1.03 bits per heavy atom. The SMILES string of the molecule is Cc1nc2ccc(-c3cnc(N4[C@@H]5CC[C@H]4COC5)nc3)cn2c1Cc1ccccc1OC(F)F. The van der Waals surface area contributed by atoms with Crippen LogP contribution in [0, 0.1) is 6.92 Å². The molecule has 2 bridgehead atoms. The van der Waals surface area contributed by atoms with Crippen molar-refractivity contribution in [2.24, 2.45) is 0 Å². The molecule has 180 valence electrons. The second-order valence-electron chi connectivity index (χ2n) is 9.05. The lowest BCUT2D eigenvalue weighted by molar-refractivity contribution is -0.0503. The van der Waals surface area contributed by atoms with Gasteiger partial charge in [0, 0.05) is 47.4 Å². The van der Waals surface area contributed by atoms with E-state index in [1.54, 1.807) is 18.2 Å². The standard InChI is InChI=1S/C26H25F2N5O2/c1-16-22(10-17-4-2-3-5-23(17)35-25(27)28)32-13-18(6-9-24(32)31-16)19-11-29-26(30-12-19)33-20-7-8-21(33)15-34-14-20/h2-6,9,11-13,20-21,25H,7-8,10,14-15H2,1H3/t20-,21+. The highest BCUT2D eigenvalue weighted by atomic mass is 19.3. The van der Waals surface area contributed by atoms with Gasteiger partial charge >= 0.3 is 6.61 Å². The smallest absolute Gasteiger partial charge is 0.387 e. The number of halogens is 2. The summed E-state index contributed by atoms with van der Waals surface area (Å²) in [6, 6.07) is 11.5. The molecule has 6 rings (SSSR count). The number of aromatic nitrogens is 4. The number of ether oxygens (including phenoxy) is 2. The summed E-state index contributed by atoms with van der Waals surface area (Å²) in [4.78, 5) is 16.3. The Labute approximate surface area is 201 Å². The average Bonchev–Trinajstić information content (AvgIpc) is 3.30. The van der Waals surface area contributed by atoms with Gasteiger partial charge in [-0.15, -0.1) is 0 Å². The quantitative estimate of drug-likeness (QED) is 0.403. The molecule has 9 heteroatoms. The number of aryl methyl sites for hydroxylation is 1. The minimum Gasteiger partial charge on any atom is -0.435 e. The van der Waals surface area contributed by atoms with Gasteiger partial charge in [-0.1, -0.05) is 18.2 Å². The number of rotatable bonds is 6. The maximum atomic E-state index is 12.9. The molecule has 35 heavy (non-hydrogen) atoms. The second-order valence-corrected chi connectivity index (χ2v) is 9.05. The Hall–Kier alpha value is -3.59. The molecule has 2 aliphatic rings. The molecule has 0 radical (unpaired) electrons. The number of nitrogens with zero attached hydrogens (tertiary/aromatic N) is 5. The number of hydrogen-bond donors (Lipinski definition) is 0. The van der Waals surface area contributed by atoms with Crippen molar-refractivity contribution >= 4 is 11.6 Å². The third kappa shape index (κ3) is 4.10. The van der Waals surface area contributed by atoms with Crippen molar-refractivity contribution in [1.29, 1.82) is 0 Å². The maximum Gasteiger partial charge on any atom is 0.387 e. The van der Waals surface area contributed by atoms with Gasteiger partial charge in [-0.3, -0.25) is 0 Å². The van der Waals surface area contributed by atoms with Crippen molar-refractivity contribution in [3.8, 4) is 16.9 Å². The monoisotopic (exact) mass is 477 g/mol. The Kier molecular flexibility index (Phi) is 5.56. The van der Waals surface area contributed by atoms with Gasteiger partial charge in [0.15, 0.2) is 0 Å². The van der Waals surface area contributed by atoms with Gasteiger partial charge in [0.25, 0.3) is 0 Å². The molecular weight excluding hydrogens is 452 g/mol. The van der Waals surface area contributed by atoms with E-state index in [4.69, 9.17) is 9.47 Å². The molecule has 0 spiro atoms. The molecule has 0 saturated carbocycles. The number of para-hydroxylation sites is 1. The van der Waals surface area contributed by atoms with Crippen molar-refractivity contribution < 1.29 is 18.3 Å². The predicted octanol–water partition coefficient (Wildman–Crippen LogP) is 4.66. The lowest BCUT2D eigenvalue weighted by Crippen LogP contribution is -2.46. The van der Waals surface area contributed by atoms with E-state index in [1.165, 1.54) is 0 Å². The zero-order valence-corrected chi connectivity index (χ0v) is 19.3. The predicted molar refractivity (Wildman–Crippen MR) is 127 cm³/mol. The van der Waals surface area contributed by atoms with Gasteiger partial charge in [0.2, 0.25) is 5.95 Å². The fourth-order valence-electron chi connectivity index (χ4n) is 5.19. The summed E-state index contributed by atoms with van der Waals surface area (Å²) in [6.45, 7) is 0.508. The first kappa shape index (κ1) is 21.9. The summed E-state index contributed by atoms with van der Waals surface area (Å²) in [5.41, 5.74) is 5.06. The van der Waals surface area contributed by atoms with E-state index in [-0.39, 0.29) is 5.75 Å². The summed E-state index contributed by atoms with van der Waals surface area (Å²) < 4.78 is 38.2. The largest absolute Gasteiger partial charge is 0.435 e. The van der Waals surface area contributed by atoms with Crippen LogP contribution in [0.1, 0.15) is 29.8 Å². The summed E-state index contributed by atoms with van der Waals surface area (Å²) in [5, 5.41) is 0. The van der Waals surface area contributed by atoms with E-state index in [9.17, 15) is 8.78 Å². The number of imidazole rings is 1. The van der Waals surface area contributed by atoms with Gasteiger partial charge in [-0.2, -0.15) is 8.78 Å².